The Kier molecular flexibility index (Phi) is 5.36. The van der Waals surface area contributed by atoms with Crippen molar-refractivity contribution in [3.05, 3.63) is 64.5 Å². The minimum atomic E-state index is -0.871. The number of hydrogen-bond acceptors (Lipinski definition) is 4. The first kappa shape index (κ1) is 19.6. The highest BCUT2D eigenvalue weighted by Gasteiger charge is 2.26. The number of para-hydroxylation sites is 1. The topological polar surface area (TPSA) is 55.2 Å². The van der Waals surface area contributed by atoms with E-state index in [-0.39, 0.29) is 16.8 Å². The van der Waals surface area contributed by atoms with Crippen LogP contribution in [0, 0.1) is 11.6 Å². The third-order valence-corrected chi connectivity index (χ3v) is 5.98. The molecule has 0 bridgehead atoms. The van der Waals surface area contributed by atoms with Crippen molar-refractivity contribution in [2.75, 3.05) is 13.1 Å². The van der Waals surface area contributed by atoms with Crippen LogP contribution >= 0.6 is 11.8 Å². The number of hydrogen-bond donors (Lipinski definition) is 0. The molecule has 8 heteroatoms. The van der Waals surface area contributed by atoms with Crippen LogP contribution in [0.25, 0.3) is 16.6 Å². The fourth-order valence-electron chi connectivity index (χ4n) is 3.47. The summed E-state index contributed by atoms with van der Waals surface area (Å²) in [6, 6.07) is 9.78. The Hall–Kier alpha value is -2.74. The average Bonchev–Trinajstić information content (AvgIpc) is 3.23. The Bertz CT molecular complexity index is 1140. The standard InChI is InChI=1S/C21H19F2N3O2S/c1-13(19(27)25-10-4-5-11-25)29-21-24-17-7-3-2-6-15(17)20(28)26(21)18-9-8-14(22)12-16(18)23/h2-3,6-9,12-13H,4-5,10-11H2,1H3. The summed E-state index contributed by atoms with van der Waals surface area (Å²) in [6.07, 6.45) is 1.95. The lowest BCUT2D eigenvalue weighted by Gasteiger charge is -2.21. The molecule has 1 aliphatic heterocycles. The molecule has 5 nitrogen and oxygen atoms in total. The highest BCUT2D eigenvalue weighted by Crippen LogP contribution is 2.28. The number of nitrogens with zero attached hydrogens (tertiary/aromatic N) is 3. The normalized spacial score (nSPS) is 15.1. The Balaban J connectivity index is 1.83. The van der Waals surface area contributed by atoms with Crippen molar-refractivity contribution < 1.29 is 13.6 Å². The maximum Gasteiger partial charge on any atom is 0.266 e. The summed E-state index contributed by atoms with van der Waals surface area (Å²) in [5.74, 6) is -1.65. The number of carbonyl (C=O) groups is 1. The molecule has 0 saturated carbocycles. The van der Waals surface area contributed by atoms with Gasteiger partial charge in [0.1, 0.15) is 11.6 Å². The number of thioether (sulfide) groups is 1. The highest BCUT2D eigenvalue weighted by molar-refractivity contribution is 8.00. The van der Waals surface area contributed by atoms with Gasteiger partial charge in [-0.1, -0.05) is 23.9 Å². The molecule has 3 aromatic rings. The van der Waals surface area contributed by atoms with Crippen molar-refractivity contribution in [1.29, 1.82) is 0 Å². The predicted molar refractivity (Wildman–Crippen MR) is 108 cm³/mol. The van der Waals surface area contributed by atoms with Gasteiger partial charge in [-0.3, -0.25) is 14.2 Å². The van der Waals surface area contributed by atoms with Gasteiger partial charge in [-0.25, -0.2) is 13.8 Å². The molecule has 1 saturated heterocycles. The van der Waals surface area contributed by atoms with Gasteiger partial charge in [0, 0.05) is 19.2 Å². The minimum Gasteiger partial charge on any atom is -0.342 e. The number of carbonyl (C=O) groups excluding carboxylic acids is 1. The molecule has 2 aromatic carbocycles. The van der Waals surface area contributed by atoms with E-state index in [4.69, 9.17) is 0 Å². The van der Waals surface area contributed by atoms with Crippen molar-refractivity contribution in [1.82, 2.24) is 14.5 Å². The lowest BCUT2D eigenvalue weighted by molar-refractivity contribution is -0.129. The molecule has 0 radical (unpaired) electrons. The third kappa shape index (κ3) is 3.76. The van der Waals surface area contributed by atoms with E-state index in [9.17, 15) is 18.4 Å². The summed E-state index contributed by atoms with van der Waals surface area (Å²) in [4.78, 5) is 32.2. The van der Waals surface area contributed by atoms with E-state index < -0.39 is 22.4 Å². The van der Waals surface area contributed by atoms with E-state index in [2.05, 4.69) is 4.98 Å². The molecule has 1 aliphatic rings. The zero-order valence-corrected chi connectivity index (χ0v) is 16.6. The van der Waals surface area contributed by atoms with Gasteiger partial charge in [-0.15, -0.1) is 0 Å². The van der Waals surface area contributed by atoms with Crippen LogP contribution in [0.3, 0.4) is 0 Å². The number of rotatable bonds is 4. The van der Waals surface area contributed by atoms with E-state index in [0.29, 0.717) is 24.0 Å². The second-order valence-corrected chi connectivity index (χ2v) is 8.25. The number of likely N-dealkylation sites (tertiary alicyclic amines) is 1. The Morgan fingerprint density at radius 1 is 1.14 bits per heavy atom. The van der Waals surface area contributed by atoms with Gasteiger partial charge in [0.05, 0.1) is 21.8 Å². The van der Waals surface area contributed by atoms with Crippen molar-refractivity contribution in [3.8, 4) is 5.69 Å². The smallest absolute Gasteiger partial charge is 0.266 e. The lowest BCUT2D eigenvalue weighted by Crippen LogP contribution is -2.34. The maximum atomic E-state index is 14.5. The minimum absolute atomic E-state index is 0.0407. The van der Waals surface area contributed by atoms with Crippen LogP contribution in [0.1, 0.15) is 19.8 Å². The summed E-state index contributed by atoms with van der Waals surface area (Å²) >= 11 is 1.10. The quantitative estimate of drug-likeness (QED) is 0.481. The second-order valence-electron chi connectivity index (χ2n) is 6.94. The van der Waals surface area contributed by atoms with Gasteiger partial charge in [0.2, 0.25) is 5.91 Å². The van der Waals surface area contributed by atoms with Crippen LogP contribution < -0.4 is 5.56 Å². The van der Waals surface area contributed by atoms with Gasteiger partial charge in [0.25, 0.3) is 5.56 Å². The molecular formula is C21H19F2N3O2S. The van der Waals surface area contributed by atoms with Crippen LogP contribution in [-0.2, 0) is 4.79 Å². The van der Waals surface area contributed by atoms with E-state index in [1.165, 1.54) is 6.07 Å². The molecule has 1 amide bonds. The van der Waals surface area contributed by atoms with Crippen LogP contribution in [0.5, 0.6) is 0 Å². The monoisotopic (exact) mass is 415 g/mol. The molecular weight excluding hydrogens is 396 g/mol. The number of benzene rings is 2. The number of halogens is 2. The Labute approximate surface area is 170 Å². The van der Waals surface area contributed by atoms with E-state index in [1.807, 2.05) is 0 Å². The fraction of sp³-hybridized carbons (Fsp3) is 0.286. The van der Waals surface area contributed by atoms with Gasteiger partial charge < -0.3 is 4.90 Å². The summed E-state index contributed by atoms with van der Waals surface area (Å²) in [6.45, 7) is 3.18. The third-order valence-electron chi connectivity index (χ3n) is 4.94. The van der Waals surface area contributed by atoms with Crippen LogP contribution in [0.15, 0.2) is 52.4 Å². The Morgan fingerprint density at radius 3 is 2.59 bits per heavy atom. The first-order valence-electron chi connectivity index (χ1n) is 9.38. The van der Waals surface area contributed by atoms with Crippen LogP contribution in [0.4, 0.5) is 8.78 Å². The Morgan fingerprint density at radius 2 is 1.86 bits per heavy atom. The van der Waals surface area contributed by atoms with Gasteiger partial charge >= 0.3 is 0 Å². The molecule has 29 heavy (non-hydrogen) atoms. The first-order valence-corrected chi connectivity index (χ1v) is 10.3. The highest BCUT2D eigenvalue weighted by atomic mass is 32.2. The number of amides is 1. The first-order chi connectivity index (χ1) is 14.0. The molecule has 4 rings (SSSR count). The van der Waals surface area contributed by atoms with Crippen LogP contribution in [0.2, 0.25) is 0 Å². The van der Waals surface area contributed by atoms with E-state index >= 15 is 0 Å². The van der Waals surface area contributed by atoms with Gasteiger partial charge in [0.15, 0.2) is 5.16 Å². The zero-order valence-electron chi connectivity index (χ0n) is 15.8. The molecule has 1 atom stereocenters. The molecule has 0 N–H and O–H groups in total. The zero-order chi connectivity index (χ0) is 20.5. The predicted octanol–water partition coefficient (Wildman–Crippen LogP) is 3.77. The average molecular weight is 415 g/mol. The van der Waals surface area contributed by atoms with Crippen molar-refractivity contribution in [2.45, 2.75) is 30.2 Å². The van der Waals surface area contributed by atoms with Gasteiger partial charge in [-0.2, -0.15) is 0 Å². The summed E-state index contributed by atoms with van der Waals surface area (Å²) < 4.78 is 29.1. The van der Waals surface area contributed by atoms with Gasteiger partial charge in [-0.05, 0) is 44.0 Å². The molecule has 1 fully saturated rings. The van der Waals surface area contributed by atoms with Crippen molar-refractivity contribution in [2.24, 2.45) is 0 Å². The van der Waals surface area contributed by atoms with Crippen LogP contribution in [-0.4, -0.2) is 38.7 Å². The summed E-state index contributed by atoms with van der Waals surface area (Å²) in [7, 11) is 0. The maximum absolute atomic E-state index is 14.5. The lowest BCUT2D eigenvalue weighted by atomic mass is 10.2. The number of aromatic nitrogens is 2. The molecule has 2 heterocycles. The second kappa shape index (κ2) is 7.94. The molecule has 0 spiro atoms. The molecule has 0 aliphatic carbocycles. The largest absolute Gasteiger partial charge is 0.342 e. The van der Waals surface area contributed by atoms with Crippen molar-refractivity contribution >= 4 is 28.6 Å². The number of fused-ring (bicyclic) bond motifs is 1. The summed E-state index contributed by atoms with van der Waals surface area (Å²) in [5.41, 5.74) is -0.109. The fourth-order valence-corrected chi connectivity index (χ4v) is 4.47. The molecule has 1 unspecified atom stereocenters. The molecule has 150 valence electrons. The molecule has 1 aromatic heterocycles. The van der Waals surface area contributed by atoms with Crippen molar-refractivity contribution in [3.63, 3.8) is 0 Å². The SMILES string of the molecule is CC(Sc1nc2ccccc2c(=O)n1-c1ccc(F)cc1F)C(=O)N1CCCC1. The van der Waals surface area contributed by atoms with E-state index in [0.717, 1.165) is 41.3 Å². The van der Waals surface area contributed by atoms with E-state index in [1.54, 1.807) is 36.1 Å². The summed E-state index contributed by atoms with van der Waals surface area (Å²) in [5, 5.41) is 0.00859.